The average Bonchev–Trinajstić information content (AvgIpc) is 3.71. The van der Waals surface area contributed by atoms with Gasteiger partial charge in [0, 0.05) is 30.5 Å². The Hall–Kier alpha value is -7.08. The van der Waals surface area contributed by atoms with Crippen molar-refractivity contribution in [2.45, 2.75) is 69.7 Å². The highest BCUT2D eigenvalue weighted by Crippen LogP contribution is 2.59. The lowest BCUT2D eigenvalue weighted by Gasteiger charge is -2.40. The molecular formula is C38H48N10O14. The molecule has 2 saturated heterocycles. The van der Waals surface area contributed by atoms with Crippen LogP contribution in [0.3, 0.4) is 0 Å². The number of hydrogen-bond donors (Lipinski definition) is 8. The molecule has 0 radical (unpaired) electrons. The van der Waals surface area contributed by atoms with Crippen LogP contribution >= 0.6 is 0 Å². The minimum Gasteiger partial charge on any atom is -0.480 e. The van der Waals surface area contributed by atoms with Crippen molar-refractivity contribution in [2.75, 3.05) is 45.7 Å². The van der Waals surface area contributed by atoms with Crippen molar-refractivity contribution in [3.8, 4) is 0 Å². The normalized spacial score (nSPS) is 22.5. The molecule has 0 spiro atoms. The number of aliphatic carboxylic acids is 1. The number of fused-ring (bicyclic) bond motifs is 4. The van der Waals surface area contributed by atoms with Gasteiger partial charge in [-0.3, -0.25) is 48.2 Å². The number of anilines is 1. The molecule has 7 amide bonds. The highest BCUT2D eigenvalue weighted by atomic mass is 16.6. The van der Waals surface area contributed by atoms with E-state index in [1.807, 2.05) is 0 Å². The summed E-state index contributed by atoms with van der Waals surface area (Å²) < 4.78 is 16.7. The summed E-state index contributed by atoms with van der Waals surface area (Å²) in [5.41, 5.74) is 15.7. The molecule has 4 aliphatic rings. The molecule has 0 saturated carbocycles. The molecule has 62 heavy (non-hydrogen) atoms. The van der Waals surface area contributed by atoms with E-state index in [1.54, 1.807) is 4.90 Å². The lowest BCUT2D eigenvalue weighted by atomic mass is 9.82. The van der Waals surface area contributed by atoms with Crippen molar-refractivity contribution in [3.63, 3.8) is 0 Å². The molecule has 334 valence electrons. The van der Waals surface area contributed by atoms with Crippen LogP contribution in [0.15, 0.2) is 46.8 Å². The van der Waals surface area contributed by atoms with E-state index in [4.69, 9.17) is 36.5 Å². The number of carbonyl (C=O) groups is 10. The van der Waals surface area contributed by atoms with Gasteiger partial charge in [-0.1, -0.05) is 12.1 Å². The number of carboxylic acids is 1. The summed E-state index contributed by atoms with van der Waals surface area (Å²) in [6.07, 6.45) is -2.46. The van der Waals surface area contributed by atoms with Crippen LogP contribution in [0.4, 0.5) is 15.3 Å². The summed E-state index contributed by atoms with van der Waals surface area (Å²) in [6.45, 7) is 2.81. The number of nitrogens with zero attached hydrogens (tertiary/aromatic N) is 3. The van der Waals surface area contributed by atoms with Gasteiger partial charge >= 0.3 is 18.2 Å². The van der Waals surface area contributed by atoms with Crippen molar-refractivity contribution in [1.29, 1.82) is 0 Å². The lowest BCUT2D eigenvalue weighted by Crippen LogP contribution is -2.56. The number of benzene rings is 1. The Balaban J connectivity index is 1.15. The number of rotatable bonds is 18. The molecule has 1 aromatic carbocycles. The molecule has 3 heterocycles. The maximum absolute atomic E-state index is 13.4. The highest BCUT2D eigenvalue weighted by molar-refractivity contribution is 6.25. The largest absolute Gasteiger partial charge is 0.480 e. The second-order valence-corrected chi connectivity index (χ2v) is 15.2. The van der Waals surface area contributed by atoms with E-state index < -0.39 is 121 Å². The van der Waals surface area contributed by atoms with Gasteiger partial charge in [-0.25, -0.2) is 9.59 Å². The van der Waals surface area contributed by atoms with Gasteiger partial charge in [0.25, 0.3) is 0 Å². The second-order valence-electron chi connectivity index (χ2n) is 15.2. The zero-order chi connectivity index (χ0) is 46.0. The minimum atomic E-state index is -1.49. The highest BCUT2D eigenvalue weighted by Gasteiger charge is 2.78. The summed E-state index contributed by atoms with van der Waals surface area (Å²) in [6, 6.07) is 0.992. The van der Waals surface area contributed by atoms with Gasteiger partial charge < -0.3 is 62.7 Å². The maximum atomic E-state index is 13.4. The lowest BCUT2D eigenvalue weighted by molar-refractivity contribution is -0.144. The number of Topliss-reactive ketones (excluding diaryl/α,β-unsaturated/α-hetero) is 2. The molecule has 7 atom stereocenters. The van der Waals surface area contributed by atoms with E-state index >= 15 is 0 Å². The van der Waals surface area contributed by atoms with E-state index in [0.29, 0.717) is 5.56 Å². The van der Waals surface area contributed by atoms with E-state index in [-0.39, 0.29) is 47.9 Å². The Bertz CT molecular complexity index is 2160. The SMILES string of the molecule is CO[C@]12C3[C@H](CN1C1=C(C(=O)C(N)=C(C)C1=O)[C@H]2COC(N)=O)N3C(=O)OCc1ccc(NC(=O)[C@H](CC(N)=O)NC(=O)[C@H](C)NC(=O)[C@H](C)NC(=O)CN(C)CC(=O)O)cc1. The Morgan fingerprint density at radius 2 is 1.55 bits per heavy atom. The van der Waals surface area contributed by atoms with Crippen molar-refractivity contribution in [3.05, 3.63) is 52.4 Å². The molecule has 1 aliphatic carbocycles. The number of ketones is 2. The number of nitrogens with two attached hydrogens (primary N) is 3. The van der Waals surface area contributed by atoms with Crippen LogP contribution in [0.25, 0.3) is 0 Å². The standard InChI is InChI=1S/C38H48N10O14/c1-16-28(40)31(54)27-21(15-61-36(41)58)38(60-5)32-23(11-47(38)29(27)30(16)53)48(32)37(59)62-14-19-6-8-20(9-7-19)44-35(57)22(10-24(39)49)45-34(56)18(3)43-33(55)17(2)42-25(50)12-46(4)13-26(51)52/h6-9,17-18,21-23,32H,10-15,40H2,1-5H3,(H2,39,49)(H2,41,58)(H,42,50)(H,43,55)(H,44,57)(H,45,56)(H,51,52)/t17-,18-,21+,22-,23-,32?,38+,48?/m0/s1. The number of piperazine rings is 1. The second kappa shape index (κ2) is 18.3. The summed E-state index contributed by atoms with van der Waals surface area (Å²) in [4.78, 5) is 130. The number of ether oxygens (including phenoxy) is 3. The average molecular weight is 869 g/mol. The van der Waals surface area contributed by atoms with Crippen LogP contribution < -0.4 is 38.5 Å². The van der Waals surface area contributed by atoms with E-state index in [2.05, 4.69) is 21.3 Å². The molecule has 0 aromatic heterocycles. The van der Waals surface area contributed by atoms with Gasteiger partial charge in [0.05, 0.1) is 42.9 Å². The molecule has 1 unspecified atom stereocenters. The van der Waals surface area contributed by atoms with Crippen LogP contribution in [-0.2, 0) is 59.2 Å². The molecule has 3 aliphatic heterocycles. The van der Waals surface area contributed by atoms with Gasteiger partial charge in [-0.15, -0.1) is 0 Å². The Morgan fingerprint density at radius 3 is 2.15 bits per heavy atom. The summed E-state index contributed by atoms with van der Waals surface area (Å²) in [5.74, 6) is -7.27. The number of methoxy groups -OCH3 is 1. The first kappa shape index (κ1) is 46.0. The Kier molecular flexibility index (Phi) is 13.6. The summed E-state index contributed by atoms with van der Waals surface area (Å²) in [5, 5.41) is 18.5. The molecule has 24 heteroatoms. The number of likely N-dealkylation sites (N-methyl/N-ethyl adjacent to an activating group) is 1. The van der Waals surface area contributed by atoms with E-state index in [9.17, 15) is 47.9 Å². The van der Waals surface area contributed by atoms with Crippen molar-refractivity contribution in [2.24, 2.45) is 23.1 Å². The smallest absolute Gasteiger partial charge is 0.410 e. The van der Waals surface area contributed by atoms with Crippen molar-refractivity contribution in [1.82, 2.24) is 30.7 Å². The topological polar surface area (TPSA) is 354 Å². The first-order valence-corrected chi connectivity index (χ1v) is 19.1. The third-order valence-electron chi connectivity index (χ3n) is 10.9. The fourth-order valence-corrected chi connectivity index (χ4v) is 7.85. The van der Waals surface area contributed by atoms with E-state index in [0.717, 1.165) is 0 Å². The van der Waals surface area contributed by atoms with Gasteiger partial charge in [-0.2, -0.15) is 0 Å². The number of hydrogen-bond acceptors (Lipinski definition) is 16. The zero-order valence-electron chi connectivity index (χ0n) is 34.3. The Labute approximate surface area is 353 Å². The predicted octanol–water partition coefficient (Wildman–Crippen LogP) is -3.28. The van der Waals surface area contributed by atoms with Gasteiger partial charge in [-0.05, 0) is 45.5 Å². The van der Waals surface area contributed by atoms with Crippen LogP contribution in [0.1, 0.15) is 32.8 Å². The third-order valence-corrected chi connectivity index (χ3v) is 10.9. The first-order valence-electron chi connectivity index (χ1n) is 19.1. The molecule has 1 aromatic rings. The molecule has 11 N–H and O–H groups in total. The molecule has 24 nitrogen and oxygen atoms in total. The predicted molar refractivity (Wildman–Crippen MR) is 210 cm³/mol. The van der Waals surface area contributed by atoms with Crippen LogP contribution in [0.5, 0.6) is 0 Å². The maximum Gasteiger partial charge on any atom is 0.410 e. The number of primary amides is 2. The monoisotopic (exact) mass is 868 g/mol. The van der Waals surface area contributed by atoms with Crippen molar-refractivity contribution < 1.29 is 67.3 Å². The zero-order valence-corrected chi connectivity index (χ0v) is 34.3. The quantitative estimate of drug-likeness (QED) is 0.0530. The van der Waals surface area contributed by atoms with Gasteiger partial charge in [0.15, 0.2) is 5.72 Å². The molecule has 5 rings (SSSR count). The Morgan fingerprint density at radius 1 is 0.919 bits per heavy atom. The van der Waals surface area contributed by atoms with E-state index in [1.165, 1.54) is 69.0 Å². The number of nitrogens with one attached hydrogen (secondary N) is 4. The first-order chi connectivity index (χ1) is 29.1. The number of allylic oxidation sites excluding steroid dienone is 2. The number of amides is 7. The van der Waals surface area contributed by atoms with Gasteiger partial charge in [0.1, 0.15) is 37.4 Å². The fourth-order valence-electron chi connectivity index (χ4n) is 7.85. The van der Waals surface area contributed by atoms with Crippen LogP contribution in [-0.4, -0.2) is 155 Å². The summed E-state index contributed by atoms with van der Waals surface area (Å²) in [7, 11) is 2.75. The molecular weight excluding hydrogens is 820 g/mol. The molecule has 0 bridgehead atoms. The van der Waals surface area contributed by atoms with Gasteiger partial charge in [0.2, 0.25) is 41.1 Å². The number of carboxylic acid groups (broad SMARTS) is 1. The molecule has 2 fully saturated rings. The fraction of sp³-hybridized carbons (Fsp3) is 0.474. The number of carbonyl (C=O) groups excluding carboxylic acids is 9. The van der Waals surface area contributed by atoms with Crippen LogP contribution in [0, 0.1) is 5.92 Å². The minimum absolute atomic E-state index is 0.00473. The third kappa shape index (κ3) is 9.29. The summed E-state index contributed by atoms with van der Waals surface area (Å²) >= 11 is 0. The van der Waals surface area contributed by atoms with Crippen LogP contribution in [0.2, 0.25) is 0 Å². The van der Waals surface area contributed by atoms with Crippen molar-refractivity contribution >= 4 is 64.9 Å².